The predicted molar refractivity (Wildman–Crippen MR) is 98.1 cm³/mol. The number of hydrogen-bond acceptors (Lipinski definition) is 5. The van der Waals surface area contributed by atoms with E-state index in [4.69, 9.17) is 4.74 Å². The van der Waals surface area contributed by atoms with Crippen LogP contribution in [0.4, 0.5) is 4.79 Å². The van der Waals surface area contributed by atoms with Crippen LogP contribution in [0.5, 0.6) is 0 Å². The van der Waals surface area contributed by atoms with Gasteiger partial charge in [-0.15, -0.1) is 0 Å². The molecule has 2 saturated heterocycles. The van der Waals surface area contributed by atoms with Crippen LogP contribution in [0.1, 0.15) is 46.5 Å². The molecule has 2 aliphatic heterocycles. The maximum Gasteiger partial charge on any atom is 0.410 e. The van der Waals surface area contributed by atoms with Crippen LogP contribution >= 0.6 is 0 Å². The van der Waals surface area contributed by atoms with Gasteiger partial charge in [0.15, 0.2) is 0 Å². The Labute approximate surface area is 156 Å². The van der Waals surface area contributed by atoms with Crippen molar-refractivity contribution in [1.29, 1.82) is 0 Å². The molecule has 0 aromatic rings. The van der Waals surface area contributed by atoms with Gasteiger partial charge < -0.3 is 15.0 Å². The maximum atomic E-state index is 12.6. The van der Waals surface area contributed by atoms with Crippen molar-refractivity contribution < 1.29 is 22.7 Å². The minimum absolute atomic E-state index is 0.112. The van der Waals surface area contributed by atoms with Crippen molar-refractivity contribution in [3.05, 3.63) is 0 Å². The Morgan fingerprint density at radius 2 is 1.73 bits per heavy atom. The van der Waals surface area contributed by atoms with Gasteiger partial charge in [-0.3, -0.25) is 4.79 Å². The van der Waals surface area contributed by atoms with Crippen molar-refractivity contribution in [3.8, 4) is 0 Å². The monoisotopic (exact) mass is 389 g/mol. The van der Waals surface area contributed by atoms with Gasteiger partial charge in [-0.25, -0.2) is 17.5 Å². The summed E-state index contributed by atoms with van der Waals surface area (Å²) in [6, 6.07) is -0.178. The van der Waals surface area contributed by atoms with E-state index in [9.17, 15) is 18.0 Å². The first kappa shape index (κ1) is 21.0. The van der Waals surface area contributed by atoms with Crippen LogP contribution in [-0.2, 0) is 19.6 Å². The van der Waals surface area contributed by atoms with Crippen LogP contribution in [0.3, 0.4) is 0 Å². The van der Waals surface area contributed by atoms with Crippen molar-refractivity contribution in [2.75, 3.05) is 32.4 Å². The van der Waals surface area contributed by atoms with Gasteiger partial charge in [0, 0.05) is 32.2 Å². The number of sulfonamides is 1. The van der Waals surface area contributed by atoms with Crippen molar-refractivity contribution in [1.82, 2.24) is 14.5 Å². The molecule has 26 heavy (non-hydrogen) atoms. The summed E-state index contributed by atoms with van der Waals surface area (Å²) >= 11 is 0. The number of nitrogens with zero attached hydrogens (tertiary/aromatic N) is 2. The average Bonchev–Trinajstić information content (AvgIpc) is 2.53. The van der Waals surface area contributed by atoms with E-state index in [1.807, 2.05) is 20.8 Å². The fourth-order valence-electron chi connectivity index (χ4n) is 3.36. The number of amides is 2. The summed E-state index contributed by atoms with van der Waals surface area (Å²) in [6.45, 7) is 7.18. The lowest BCUT2D eigenvalue weighted by Crippen LogP contribution is -2.53. The van der Waals surface area contributed by atoms with E-state index in [1.165, 1.54) is 10.6 Å². The van der Waals surface area contributed by atoms with Crippen molar-refractivity contribution in [2.45, 2.75) is 58.1 Å². The molecule has 2 heterocycles. The van der Waals surface area contributed by atoms with Crippen LogP contribution in [0.2, 0.25) is 0 Å². The van der Waals surface area contributed by atoms with E-state index in [2.05, 4.69) is 5.32 Å². The number of likely N-dealkylation sites (tertiary alicyclic amines) is 1. The molecule has 0 bridgehead atoms. The quantitative estimate of drug-likeness (QED) is 0.782. The molecule has 0 aromatic carbocycles. The Hall–Kier alpha value is -1.35. The summed E-state index contributed by atoms with van der Waals surface area (Å²) in [5.74, 6) is -0.400. The molecule has 9 heteroatoms. The Bertz CT molecular complexity index is 629. The van der Waals surface area contributed by atoms with Gasteiger partial charge in [-0.2, -0.15) is 0 Å². The van der Waals surface area contributed by atoms with Crippen LogP contribution in [0.25, 0.3) is 0 Å². The van der Waals surface area contributed by atoms with Gasteiger partial charge in [0.25, 0.3) is 0 Å². The van der Waals surface area contributed by atoms with E-state index in [1.54, 1.807) is 4.90 Å². The second-order valence-electron chi connectivity index (χ2n) is 8.23. The molecule has 2 fully saturated rings. The van der Waals surface area contributed by atoms with Gasteiger partial charge in [-0.05, 0) is 46.5 Å². The summed E-state index contributed by atoms with van der Waals surface area (Å²) in [5, 5.41) is 2.97. The molecule has 2 atom stereocenters. The Balaban J connectivity index is 1.90. The van der Waals surface area contributed by atoms with Crippen molar-refractivity contribution in [2.24, 2.45) is 5.92 Å². The highest BCUT2D eigenvalue weighted by Crippen LogP contribution is 2.21. The second kappa shape index (κ2) is 8.12. The largest absolute Gasteiger partial charge is 0.444 e. The fourth-order valence-corrected chi connectivity index (χ4v) is 4.28. The van der Waals surface area contributed by atoms with Gasteiger partial charge in [0.05, 0.1) is 12.2 Å². The molecule has 8 nitrogen and oxygen atoms in total. The number of carbonyl (C=O) groups is 2. The molecule has 0 aliphatic carbocycles. The van der Waals surface area contributed by atoms with Gasteiger partial charge >= 0.3 is 6.09 Å². The number of hydrogen-bond donors (Lipinski definition) is 1. The van der Waals surface area contributed by atoms with E-state index in [0.717, 1.165) is 19.3 Å². The predicted octanol–water partition coefficient (Wildman–Crippen LogP) is 1.17. The first-order chi connectivity index (χ1) is 12.0. The van der Waals surface area contributed by atoms with Gasteiger partial charge in [0.2, 0.25) is 15.9 Å². The Morgan fingerprint density at radius 3 is 2.35 bits per heavy atom. The highest BCUT2D eigenvalue weighted by molar-refractivity contribution is 7.88. The third-order valence-corrected chi connectivity index (χ3v) is 5.91. The number of nitrogens with one attached hydrogen (secondary N) is 1. The summed E-state index contributed by atoms with van der Waals surface area (Å²) in [4.78, 5) is 26.4. The Morgan fingerprint density at radius 1 is 1.08 bits per heavy atom. The lowest BCUT2D eigenvalue weighted by Gasteiger charge is -2.35. The first-order valence-electron chi connectivity index (χ1n) is 9.19. The molecule has 0 spiro atoms. The lowest BCUT2D eigenvalue weighted by molar-refractivity contribution is -0.127. The summed E-state index contributed by atoms with van der Waals surface area (Å²) in [6.07, 6.45) is 3.76. The average molecular weight is 390 g/mol. The topological polar surface area (TPSA) is 96.0 Å². The number of piperidine rings is 2. The zero-order valence-corrected chi connectivity index (χ0v) is 17.0. The number of carbonyl (C=O) groups excluding carboxylic acids is 2. The number of rotatable bonds is 3. The smallest absolute Gasteiger partial charge is 0.410 e. The molecule has 1 N–H and O–H groups in total. The number of ether oxygens (including phenoxy) is 1. The third kappa shape index (κ3) is 6.12. The molecule has 0 radical (unpaired) electrons. The van der Waals surface area contributed by atoms with Crippen LogP contribution < -0.4 is 5.32 Å². The van der Waals surface area contributed by atoms with E-state index < -0.39 is 21.7 Å². The molecular weight excluding hydrogens is 358 g/mol. The van der Waals surface area contributed by atoms with E-state index in [0.29, 0.717) is 32.6 Å². The van der Waals surface area contributed by atoms with Gasteiger partial charge in [-0.1, -0.05) is 0 Å². The third-order valence-electron chi connectivity index (χ3n) is 4.64. The molecule has 2 unspecified atom stereocenters. The zero-order valence-electron chi connectivity index (χ0n) is 16.2. The van der Waals surface area contributed by atoms with Crippen LogP contribution in [0.15, 0.2) is 0 Å². The zero-order chi connectivity index (χ0) is 19.5. The second-order valence-corrected chi connectivity index (χ2v) is 10.2. The minimum Gasteiger partial charge on any atom is -0.444 e. The van der Waals surface area contributed by atoms with E-state index >= 15 is 0 Å². The summed E-state index contributed by atoms with van der Waals surface area (Å²) < 4.78 is 30.2. The molecule has 2 amide bonds. The van der Waals surface area contributed by atoms with Crippen LogP contribution in [0, 0.1) is 5.92 Å². The first-order valence-corrected chi connectivity index (χ1v) is 11.0. The van der Waals surface area contributed by atoms with E-state index in [-0.39, 0.29) is 17.9 Å². The lowest BCUT2D eigenvalue weighted by atomic mass is 9.96. The highest BCUT2D eigenvalue weighted by Gasteiger charge is 2.33. The van der Waals surface area contributed by atoms with Crippen molar-refractivity contribution in [3.63, 3.8) is 0 Å². The summed E-state index contributed by atoms with van der Waals surface area (Å²) in [7, 11) is -3.24. The molecule has 2 rings (SSSR count). The SMILES string of the molecule is CC(C)(C)OC(=O)N1CCCC(C(=O)NC2CCCN(S(C)(=O)=O)C2)C1. The standard InChI is InChI=1S/C17H31N3O5S/c1-17(2,3)25-16(22)19-9-5-7-13(11-19)15(21)18-14-8-6-10-20(12-14)26(4,23)24/h13-14H,5-12H2,1-4H3,(H,18,21). The normalized spacial score (nSPS) is 25.6. The summed E-state index contributed by atoms with van der Waals surface area (Å²) in [5.41, 5.74) is -0.566. The molecule has 0 aromatic heterocycles. The molecule has 0 saturated carbocycles. The van der Waals surface area contributed by atoms with Crippen molar-refractivity contribution >= 4 is 22.0 Å². The molecular formula is C17H31N3O5S. The Kier molecular flexibility index (Phi) is 6.55. The fraction of sp³-hybridized carbons (Fsp3) is 0.882. The van der Waals surface area contributed by atoms with Crippen LogP contribution in [-0.4, -0.2) is 73.7 Å². The molecule has 150 valence electrons. The molecule has 2 aliphatic rings. The van der Waals surface area contributed by atoms with Gasteiger partial charge in [0.1, 0.15) is 5.60 Å². The minimum atomic E-state index is -3.24. The maximum absolute atomic E-state index is 12.6. The highest BCUT2D eigenvalue weighted by atomic mass is 32.2.